The first kappa shape index (κ1) is 12.2. The third kappa shape index (κ3) is 2.39. The smallest absolute Gasteiger partial charge is 0.150 e. The minimum atomic E-state index is 0.874. The lowest BCUT2D eigenvalue weighted by Crippen LogP contribution is -2.45. The van der Waals surface area contributed by atoms with Gasteiger partial charge in [-0.3, -0.25) is 4.68 Å². The van der Waals surface area contributed by atoms with Gasteiger partial charge in [-0.1, -0.05) is 13.3 Å². The second kappa shape index (κ2) is 4.96. The Morgan fingerprint density at radius 3 is 2.41 bits per heavy atom. The van der Waals surface area contributed by atoms with E-state index in [1.54, 1.807) is 0 Å². The zero-order valence-electron chi connectivity index (χ0n) is 11.1. The molecule has 1 aliphatic rings. The highest BCUT2D eigenvalue weighted by atomic mass is 15.4. The van der Waals surface area contributed by atoms with Crippen LogP contribution in [0.3, 0.4) is 0 Å². The Bertz CT molecular complexity index is 376. The minimum absolute atomic E-state index is 0.874. The van der Waals surface area contributed by atoms with E-state index in [0.29, 0.717) is 0 Å². The fourth-order valence-electron chi connectivity index (χ4n) is 2.40. The number of anilines is 2. The van der Waals surface area contributed by atoms with E-state index < -0.39 is 0 Å². The number of nitrogen functional groups attached to an aromatic ring is 1. The number of hydrogen-bond donors (Lipinski definition) is 1. The van der Waals surface area contributed by atoms with Crippen LogP contribution in [0.25, 0.3) is 0 Å². The summed E-state index contributed by atoms with van der Waals surface area (Å²) in [6, 6.07) is 0. The zero-order chi connectivity index (χ0) is 12.4. The summed E-state index contributed by atoms with van der Waals surface area (Å²) in [6.07, 6.45) is 2.05. The molecule has 1 aromatic heterocycles. The van der Waals surface area contributed by atoms with Gasteiger partial charge in [0, 0.05) is 33.2 Å². The van der Waals surface area contributed by atoms with Gasteiger partial charge >= 0.3 is 0 Å². The van der Waals surface area contributed by atoms with Crippen LogP contribution >= 0.6 is 0 Å². The van der Waals surface area contributed by atoms with Crippen LogP contribution in [0.1, 0.15) is 19.0 Å². The van der Waals surface area contributed by atoms with Gasteiger partial charge in [0.2, 0.25) is 0 Å². The van der Waals surface area contributed by atoms with Gasteiger partial charge in [0.1, 0.15) is 5.82 Å². The first-order valence-corrected chi connectivity index (χ1v) is 6.38. The standard InChI is InChI=1S/C12H23N5/c1-4-5-10-11(13)12(16(3)14-10)17-8-6-15(2)7-9-17/h4-9,13H2,1-3H3. The first-order chi connectivity index (χ1) is 8.13. The van der Waals surface area contributed by atoms with E-state index in [2.05, 4.69) is 28.9 Å². The number of aromatic nitrogens is 2. The Morgan fingerprint density at radius 1 is 1.18 bits per heavy atom. The Balaban J connectivity index is 2.20. The quantitative estimate of drug-likeness (QED) is 0.841. The summed E-state index contributed by atoms with van der Waals surface area (Å²) in [7, 11) is 4.15. The van der Waals surface area contributed by atoms with Crippen molar-refractivity contribution >= 4 is 11.5 Å². The van der Waals surface area contributed by atoms with Crippen LogP contribution in [0.5, 0.6) is 0 Å². The number of rotatable bonds is 3. The van der Waals surface area contributed by atoms with Gasteiger partial charge in [0.05, 0.1) is 11.4 Å². The fourth-order valence-corrected chi connectivity index (χ4v) is 2.40. The molecule has 96 valence electrons. The lowest BCUT2D eigenvalue weighted by atomic mass is 10.2. The fraction of sp³-hybridized carbons (Fsp3) is 0.750. The molecule has 2 N–H and O–H groups in total. The summed E-state index contributed by atoms with van der Waals surface area (Å²) in [5.74, 6) is 1.10. The van der Waals surface area contributed by atoms with Crippen LogP contribution in [-0.4, -0.2) is 47.9 Å². The van der Waals surface area contributed by atoms with Crippen LogP contribution < -0.4 is 10.6 Å². The number of piperazine rings is 1. The van der Waals surface area contributed by atoms with Crippen molar-refractivity contribution in [2.24, 2.45) is 7.05 Å². The third-order valence-corrected chi connectivity index (χ3v) is 3.42. The average molecular weight is 237 g/mol. The molecular weight excluding hydrogens is 214 g/mol. The van der Waals surface area contributed by atoms with E-state index in [1.807, 2.05) is 11.7 Å². The molecule has 5 heteroatoms. The van der Waals surface area contributed by atoms with E-state index in [-0.39, 0.29) is 0 Å². The summed E-state index contributed by atoms with van der Waals surface area (Å²) in [4.78, 5) is 4.69. The molecule has 1 fully saturated rings. The molecule has 0 aliphatic carbocycles. The highest BCUT2D eigenvalue weighted by Crippen LogP contribution is 2.27. The van der Waals surface area contributed by atoms with Crippen molar-refractivity contribution in [3.63, 3.8) is 0 Å². The molecule has 0 bridgehead atoms. The Kier molecular flexibility index (Phi) is 3.57. The van der Waals surface area contributed by atoms with Gasteiger partial charge in [-0.05, 0) is 13.5 Å². The maximum Gasteiger partial charge on any atom is 0.150 e. The normalized spacial score (nSPS) is 17.7. The molecule has 0 spiro atoms. The van der Waals surface area contributed by atoms with Crippen molar-refractivity contribution in [3.05, 3.63) is 5.69 Å². The predicted molar refractivity (Wildman–Crippen MR) is 71.3 cm³/mol. The summed E-state index contributed by atoms with van der Waals surface area (Å²) in [6.45, 7) is 6.41. The van der Waals surface area contributed by atoms with Gasteiger partial charge < -0.3 is 15.5 Å². The molecule has 1 aliphatic heterocycles. The average Bonchev–Trinajstić information content (AvgIpc) is 2.57. The molecule has 0 unspecified atom stereocenters. The molecule has 2 heterocycles. The molecule has 0 aromatic carbocycles. The van der Waals surface area contributed by atoms with Gasteiger partial charge in [-0.15, -0.1) is 0 Å². The van der Waals surface area contributed by atoms with Crippen LogP contribution in [-0.2, 0) is 13.5 Å². The predicted octanol–water partition coefficient (Wildman–Crippen LogP) is 0.707. The van der Waals surface area contributed by atoms with E-state index in [1.165, 1.54) is 0 Å². The minimum Gasteiger partial charge on any atom is -0.394 e. The van der Waals surface area contributed by atoms with E-state index in [4.69, 9.17) is 5.73 Å². The second-order valence-corrected chi connectivity index (χ2v) is 4.85. The molecule has 0 saturated carbocycles. The Labute approximate surface area is 103 Å². The summed E-state index contributed by atoms with van der Waals surface area (Å²) < 4.78 is 1.94. The molecule has 0 amide bonds. The summed E-state index contributed by atoms with van der Waals surface area (Å²) >= 11 is 0. The lowest BCUT2D eigenvalue weighted by Gasteiger charge is -2.33. The highest BCUT2D eigenvalue weighted by molar-refractivity contribution is 5.66. The van der Waals surface area contributed by atoms with Crippen LogP contribution in [0, 0.1) is 0 Å². The zero-order valence-corrected chi connectivity index (χ0v) is 11.1. The van der Waals surface area contributed by atoms with Crippen molar-refractivity contribution in [2.75, 3.05) is 43.9 Å². The molecule has 1 saturated heterocycles. The number of likely N-dealkylation sites (N-methyl/N-ethyl adjacent to an activating group) is 1. The van der Waals surface area contributed by atoms with Crippen molar-refractivity contribution in [1.29, 1.82) is 0 Å². The number of aryl methyl sites for hydroxylation is 2. The molecule has 5 nitrogen and oxygen atoms in total. The molecule has 0 atom stereocenters. The number of nitrogens with two attached hydrogens (primary N) is 1. The van der Waals surface area contributed by atoms with Crippen molar-refractivity contribution in [3.8, 4) is 0 Å². The Hall–Kier alpha value is -1.23. The topological polar surface area (TPSA) is 50.3 Å². The molecule has 1 aromatic rings. The second-order valence-electron chi connectivity index (χ2n) is 4.85. The number of nitrogens with zero attached hydrogens (tertiary/aromatic N) is 4. The molecular formula is C12H23N5. The van der Waals surface area contributed by atoms with E-state index in [0.717, 1.165) is 56.2 Å². The van der Waals surface area contributed by atoms with Gasteiger partial charge in [-0.25, -0.2) is 0 Å². The molecule has 17 heavy (non-hydrogen) atoms. The van der Waals surface area contributed by atoms with E-state index >= 15 is 0 Å². The Morgan fingerprint density at radius 2 is 1.82 bits per heavy atom. The molecule has 0 radical (unpaired) electrons. The lowest BCUT2D eigenvalue weighted by molar-refractivity contribution is 0.311. The number of hydrogen-bond acceptors (Lipinski definition) is 4. The van der Waals surface area contributed by atoms with Crippen molar-refractivity contribution in [2.45, 2.75) is 19.8 Å². The maximum absolute atomic E-state index is 6.22. The first-order valence-electron chi connectivity index (χ1n) is 6.38. The largest absolute Gasteiger partial charge is 0.394 e. The highest BCUT2D eigenvalue weighted by Gasteiger charge is 2.21. The SMILES string of the molecule is CCCc1nn(C)c(N2CCN(C)CC2)c1N. The van der Waals surface area contributed by atoms with Crippen LogP contribution in [0.15, 0.2) is 0 Å². The monoisotopic (exact) mass is 237 g/mol. The van der Waals surface area contributed by atoms with Gasteiger partial charge in [0.15, 0.2) is 0 Å². The van der Waals surface area contributed by atoms with Crippen LogP contribution in [0.4, 0.5) is 11.5 Å². The van der Waals surface area contributed by atoms with Crippen LogP contribution in [0.2, 0.25) is 0 Å². The van der Waals surface area contributed by atoms with Crippen molar-refractivity contribution < 1.29 is 0 Å². The van der Waals surface area contributed by atoms with Gasteiger partial charge in [0.25, 0.3) is 0 Å². The van der Waals surface area contributed by atoms with Crippen molar-refractivity contribution in [1.82, 2.24) is 14.7 Å². The molecule has 2 rings (SSSR count). The summed E-state index contributed by atoms with van der Waals surface area (Å²) in [5, 5.41) is 4.53. The summed E-state index contributed by atoms with van der Waals surface area (Å²) in [5.41, 5.74) is 8.14. The maximum atomic E-state index is 6.22. The van der Waals surface area contributed by atoms with Gasteiger partial charge in [-0.2, -0.15) is 5.10 Å². The third-order valence-electron chi connectivity index (χ3n) is 3.42. The van der Waals surface area contributed by atoms with E-state index in [9.17, 15) is 0 Å².